The molecule has 0 atom stereocenters. The van der Waals surface area contributed by atoms with Crippen molar-refractivity contribution in [2.24, 2.45) is 0 Å². The molecule has 0 aliphatic heterocycles. The summed E-state index contributed by atoms with van der Waals surface area (Å²) in [5, 5.41) is 18.4. The fourth-order valence-electron chi connectivity index (χ4n) is 4.70. The number of hydrogen-bond donors (Lipinski definition) is 1. The van der Waals surface area contributed by atoms with E-state index in [9.17, 15) is 14.3 Å². The summed E-state index contributed by atoms with van der Waals surface area (Å²) < 4.78 is 54.0. The minimum atomic E-state index is -1.10. The number of halogens is 3. The Morgan fingerprint density at radius 3 is 2.42 bits per heavy atom. The molecular weight excluding hydrogens is 559 g/mol. The van der Waals surface area contributed by atoms with Gasteiger partial charge in [0.1, 0.15) is 29.9 Å². The third-order valence-electron chi connectivity index (χ3n) is 6.81. The van der Waals surface area contributed by atoms with Gasteiger partial charge in [-0.1, -0.05) is 12.1 Å². The minimum Gasteiger partial charge on any atom is -0.478 e. The molecule has 6 rings (SSSR count). The quantitative estimate of drug-likeness (QED) is 0.225. The SMILES string of the molecule is N#Cc1ccc(COc2cccc(-c3cc(F)c(Cc4nc5ccc(C(=O)O)cc5n4-n4cccc4)cc3F)n2)c(F)c1. The number of nitriles is 1. The van der Waals surface area contributed by atoms with Crippen LogP contribution in [0, 0.1) is 28.8 Å². The van der Waals surface area contributed by atoms with E-state index in [1.54, 1.807) is 46.0 Å². The van der Waals surface area contributed by atoms with Crippen LogP contribution in [0.3, 0.4) is 0 Å². The summed E-state index contributed by atoms with van der Waals surface area (Å²) >= 11 is 0. The van der Waals surface area contributed by atoms with Crippen LogP contribution < -0.4 is 4.74 Å². The van der Waals surface area contributed by atoms with E-state index in [0.717, 1.165) is 18.2 Å². The lowest BCUT2D eigenvalue weighted by molar-refractivity contribution is 0.0697. The van der Waals surface area contributed by atoms with E-state index >= 15 is 8.78 Å². The molecule has 0 fully saturated rings. The van der Waals surface area contributed by atoms with Gasteiger partial charge in [-0.05, 0) is 66.2 Å². The summed E-state index contributed by atoms with van der Waals surface area (Å²) in [6.45, 7) is -0.180. The van der Waals surface area contributed by atoms with Crippen LogP contribution in [0.1, 0.15) is 32.9 Å². The van der Waals surface area contributed by atoms with E-state index in [4.69, 9.17) is 10.00 Å². The summed E-state index contributed by atoms with van der Waals surface area (Å²) in [5.74, 6) is -2.68. The number of aromatic nitrogens is 4. The second-order valence-electron chi connectivity index (χ2n) is 9.58. The lowest BCUT2D eigenvalue weighted by Crippen LogP contribution is -2.12. The Hall–Kier alpha value is -5.89. The maximum atomic E-state index is 15.5. The third kappa shape index (κ3) is 5.41. The Morgan fingerprint density at radius 1 is 0.884 bits per heavy atom. The van der Waals surface area contributed by atoms with Crippen LogP contribution in [0.25, 0.3) is 22.3 Å². The van der Waals surface area contributed by atoms with Gasteiger partial charge in [0.15, 0.2) is 0 Å². The Labute approximate surface area is 242 Å². The van der Waals surface area contributed by atoms with Crippen LogP contribution in [0.15, 0.2) is 91.3 Å². The van der Waals surface area contributed by atoms with Crippen molar-refractivity contribution in [1.29, 1.82) is 5.26 Å². The van der Waals surface area contributed by atoms with Gasteiger partial charge < -0.3 is 9.84 Å². The summed E-state index contributed by atoms with van der Waals surface area (Å²) in [7, 11) is 0. The second-order valence-corrected chi connectivity index (χ2v) is 9.58. The number of nitrogens with zero attached hydrogens (tertiary/aromatic N) is 5. The Kier molecular flexibility index (Phi) is 7.09. The van der Waals surface area contributed by atoms with Crippen LogP contribution in [0.5, 0.6) is 5.88 Å². The molecule has 1 N–H and O–H groups in total. The van der Waals surface area contributed by atoms with E-state index in [2.05, 4.69) is 9.97 Å². The first-order chi connectivity index (χ1) is 20.8. The van der Waals surface area contributed by atoms with E-state index in [1.165, 1.54) is 36.4 Å². The minimum absolute atomic E-state index is 0.0344. The summed E-state index contributed by atoms with van der Waals surface area (Å²) in [5.41, 5.74) is 1.48. The van der Waals surface area contributed by atoms with Crippen molar-refractivity contribution in [1.82, 2.24) is 19.3 Å². The molecule has 0 bridgehead atoms. The van der Waals surface area contributed by atoms with Crippen LogP contribution >= 0.6 is 0 Å². The molecule has 0 radical (unpaired) electrons. The molecule has 0 saturated carbocycles. The van der Waals surface area contributed by atoms with Crippen LogP contribution in [0.2, 0.25) is 0 Å². The van der Waals surface area contributed by atoms with Gasteiger partial charge in [-0.15, -0.1) is 0 Å². The molecule has 0 saturated heterocycles. The molecule has 0 spiro atoms. The van der Waals surface area contributed by atoms with Gasteiger partial charge in [-0.25, -0.2) is 32.6 Å². The maximum absolute atomic E-state index is 15.5. The highest BCUT2D eigenvalue weighted by molar-refractivity contribution is 5.92. The Bertz CT molecular complexity index is 2050. The standard InChI is InChI=1S/C32H20F3N5O3/c33-24-12-19(17-36)6-7-21(24)18-43-31-5-3-4-27(38-31)23-16-25(34)22(13-26(23)35)15-30-37-28-9-8-20(32(41)42)14-29(28)40(30)39-10-1-2-11-39/h1-14,16H,15,18H2,(H,41,42). The number of carbonyl (C=O) groups is 1. The average Bonchev–Trinajstić information content (AvgIpc) is 3.65. The first-order valence-corrected chi connectivity index (χ1v) is 13.0. The molecule has 3 heterocycles. The second kappa shape index (κ2) is 11.2. The highest BCUT2D eigenvalue weighted by Crippen LogP contribution is 2.28. The maximum Gasteiger partial charge on any atom is 0.335 e. The zero-order chi connectivity index (χ0) is 30.1. The van der Waals surface area contributed by atoms with Crippen LogP contribution in [-0.2, 0) is 13.0 Å². The van der Waals surface area contributed by atoms with E-state index < -0.39 is 23.4 Å². The number of aromatic carboxylic acids is 1. The number of fused-ring (bicyclic) bond motifs is 1. The van der Waals surface area contributed by atoms with Gasteiger partial charge in [0.05, 0.1) is 33.9 Å². The smallest absolute Gasteiger partial charge is 0.335 e. The van der Waals surface area contributed by atoms with Crippen molar-refractivity contribution >= 4 is 17.0 Å². The highest BCUT2D eigenvalue weighted by atomic mass is 19.1. The fourth-order valence-corrected chi connectivity index (χ4v) is 4.70. The van der Waals surface area contributed by atoms with Crippen molar-refractivity contribution in [3.8, 4) is 23.2 Å². The molecule has 3 aromatic heterocycles. The number of imidazole rings is 1. The molecule has 43 heavy (non-hydrogen) atoms. The van der Waals surface area contributed by atoms with E-state index in [1.807, 2.05) is 6.07 Å². The van der Waals surface area contributed by atoms with Crippen LogP contribution in [0.4, 0.5) is 13.2 Å². The summed E-state index contributed by atoms with van der Waals surface area (Å²) in [6, 6.07) is 20.6. The molecule has 8 nitrogen and oxygen atoms in total. The first-order valence-electron chi connectivity index (χ1n) is 13.0. The number of ether oxygens (including phenoxy) is 1. The van der Waals surface area contributed by atoms with Crippen molar-refractivity contribution in [2.75, 3.05) is 0 Å². The van der Waals surface area contributed by atoms with Gasteiger partial charge in [0.2, 0.25) is 5.88 Å². The topological polar surface area (TPSA) is 106 Å². The molecule has 0 unspecified atom stereocenters. The van der Waals surface area contributed by atoms with Crippen molar-refractivity contribution in [2.45, 2.75) is 13.0 Å². The molecule has 0 aliphatic rings. The number of carboxylic acid groups (broad SMARTS) is 1. The number of benzene rings is 3. The lowest BCUT2D eigenvalue weighted by Gasteiger charge is -2.13. The molecule has 6 aromatic rings. The van der Waals surface area contributed by atoms with Crippen LogP contribution in [-0.4, -0.2) is 30.4 Å². The number of pyridine rings is 1. The third-order valence-corrected chi connectivity index (χ3v) is 6.81. The Morgan fingerprint density at radius 2 is 1.67 bits per heavy atom. The molecular formula is C32H20F3N5O3. The predicted octanol–water partition coefficient (Wildman–Crippen LogP) is 6.37. The number of rotatable bonds is 8. The summed E-state index contributed by atoms with van der Waals surface area (Å²) in [6.07, 6.45) is 3.37. The fraction of sp³-hybridized carbons (Fsp3) is 0.0625. The van der Waals surface area contributed by atoms with E-state index in [0.29, 0.717) is 16.9 Å². The summed E-state index contributed by atoms with van der Waals surface area (Å²) in [4.78, 5) is 20.4. The zero-order valence-electron chi connectivity index (χ0n) is 22.2. The molecule has 0 amide bonds. The zero-order valence-corrected chi connectivity index (χ0v) is 22.2. The van der Waals surface area contributed by atoms with Gasteiger partial charge in [0.25, 0.3) is 0 Å². The Balaban J connectivity index is 1.29. The van der Waals surface area contributed by atoms with Crippen molar-refractivity contribution in [3.05, 3.63) is 137 Å². The number of hydrogen-bond acceptors (Lipinski definition) is 5. The molecule has 3 aromatic carbocycles. The van der Waals surface area contributed by atoms with Crippen molar-refractivity contribution in [3.63, 3.8) is 0 Å². The largest absolute Gasteiger partial charge is 0.478 e. The highest BCUT2D eigenvalue weighted by Gasteiger charge is 2.19. The normalized spacial score (nSPS) is 11.0. The van der Waals surface area contributed by atoms with Gasteiger partial charge in [0, 0.05) is 36.0 Å². The molecule has 11 heteroatoms. The van der Waals surface area contributed by atoms with Gasteiger partial charge >= 0.3 is 5.97 Å². The van der Waals surface area contributed by atoms with E-state index in [-0.39, 0.29) is 52.4 Å². The molecule has 0 aliphatic carbocycles. The number of carboxylic acids is 1. The average molecular weight is 580 g/mol. The monoisotopic (exact) mass is 579 g/mol. The van der Waals surface area contributed by atoms with Crippen molar-refractivity contribution < 1.29 is 27.8 Å². The first kappa shape index (κ1) is 27.3. The lowest BCUT2D eigenvalue weighted by atomic mass is 10.0. The van der Waals surface area contributed by atoms with Gasteiger partial charge in [-0.3, -0.25) is 4.68 Å². The predicted molar refractivity (Wildman–Crippen MR) is 150 cm³/mol. The molecule has 212 valence electrons. The van der Waals surface area contributed by atoms with Gasteiger partial charge in [-0.2, -0.15) is 5.26 Å².